The Morgan fingerprint density at radius 1 is 1.89 bits per heavy atom. The van der Waals surface area contributed by atoms with E-state index in [4.69, 9.17) is 15.6 Å². The molecule has 0 aromatic carbocycles. The minimum Gasteiger partial charge on any atom is -0.418 e. The van der Waals surface area contributed by atoms with Gasteiger partial charge in [-0.2, -0.15) is 5.26 Å². The summed E-state index contributed by atoms with van der Waals surface area (Å²) in [4.78, 5) is 0. The van der Waals surface area contributed by atoms with E-state index in [0.29, 0.717) is 6.61 Å². The second-order valence-corrected chi connectivity index (χ2v) is 1.89. The molecule has 1 heterocycles. The van der Waals surface area contributed by atoms with E-state index in [0.717, 1.165) is 11.9 Å². The summed E-state index contributed by atoms with van der Waals surface area (Å²) in [7, 11) is -0.329. The van der Waals surface area contributed by atoms with Crippen molar-refractivity contribution >= 4 is 7.05 Å². The Balaban J connectivity index is 2.62. The lowest BCUT2D eigenvalue weighted by molar-refractivity contribution is 0.360. The van der Waals surface area contributed by atoms with Crippen molar-refractivity contribution in [2.45, 2.75) is 6.42 Å². The minimum atomic E-state index is -0.329. The van der Waals surface area contributed by atoms with Gasteiger partial charge in [0.1, 0.15) is 0 Å². The molecule has 0 atom stereocenters. The Hall–Kier alpha value is -0.785. The first-order valence-corrected chi connectivity index (χ1v) is 2.80. The summed E-state index contributed by atoms with van der Waals surface area (Å²) in [5.74, 6) is 0. The molecule has 0 amide bonds. The van der Waals surface area contributed by atoms with Crippen molar-refractivity contribution in [2.24, 2.45) is 5.64 Å². The van der Waals surface area contributed by atoms with Gasteiger partial charge in [0.2, 0.25) is 0 Å². The van der Waals surface area contributed by atoms with Gasteiger partial charge < -0.3 is 10.3 Å². The van der Waals surface area contributed by atoms with Crippen LogP contribution in [0.2, 0.25) is 0 Å². The van der Waals surface area contributed by atoms with Gasteiger partial charge in [0.15, 0.2) is 0 Å². The lowest BCUT2D eigenvalue weighted by atomic mass is 9.76. The van der Waals surface area contributed by atoms with Crippen LogP contribution in [0.1, 0.15) is 6.42 Å². The number of nitrogens with two attached hydrogens (primary N) is 1. The molecule has 4 heteroatoms. The van der Waals surface area contributed by atoms with Gasteiger partial charge in [-0.05, 0) is 11.9 Å². The van der Waals surface area contributed by atoms with Crippen LogP contribution >= 0.6 is 0 Å². The standard InChI is InChI=1S/C5H7BN2O/c7-3-1-5-2-4-9-6(5)8/h1H,2,4,8H2/b5-1-. The molecule has 0 unspecified atom stereocenters. The van der Waals surface area contributed by atoms with E-state index >= 15 is 0 Å². The normalized spacial score (nSPS) is 22.7. The fourth-order valence-electron chi connectivity index (χ4n) is 0.790. The van der Waals surface area contributed by atoms with Gasteiger partial charge in [0.25, 0.3) is 0 Å². The first kappa shape index (κ1) is 6.34. The predicted octanol–water partition coefficient (Wildman–Crippen LogP) is -0.157. The highest BCUT2D eigenvalue weighted by Crippen LogP contribution is 2.11. The second-order valence-electron chi connectivity index (χ2n) is 1.89. The second kappa shape index (κ2) is 2.67. The molecule has 3 nitrogen and oxygen atoms in total. The zero-order valence-corrected chi connectivity index (χ0v) is 5.00. The smallest absolute Gasteiger partial charge is 0.409 e. The Bertz CT molecular complexity index is 172. The van der Waals surface area contributed by atoms with Crippen molar-refractivity contribution in [3.05, 3.63) is 11.5 Å². The Kier molecular flexibility index (Phi) is 1.88. The van der Waals surface area contributed by atoms with Crippen molar-refractivity contribution in [1.29, 1.82) is 5.26 Å². The molecule has 0 spiro atoms. The maximum atomic E-state index is 8.21. The quantitative estimate of drug-likeness (QED) is 0.358. The molecule has 1 saturated heterocycles. The fourth-order valence-corrected chi connectivity index (χ4v) is 0.790. The Morgan fingerprint density at radius 2 is 2.67 bits per heavy atom. The number of hydrogen-bond donors (Lipinski definition) is 1. The average molecular weight is 122 g/mol. The van der Waals surface area contributed by atoms with Crippen LogP contribution in [0.25, 0.3) is 0 Å². The van der Waals surface area contributed by atoms with Gasteiger partial charge >= 0.3 is 7.05 Å². The molecule has 46 valence electrons. The maximum Gasteiger partial charge on any atom is 0.409 e. The van der Waals surface area contributed by atoms with E-state index < -0.39 is 0 Å². The summed E-state index contributed by atoms with van der Waals surface area (Å²) in [6.07, 6.45) is 2.26. The first-order valence-electron chi connectivity index (χ1n) is 2.80. The van der Waals surface area contributed by atoms with Crippen LogP contribution in [0, 0.1) is 11.3 Å². The molecule has 1 aliphatic heterocycles. The van der Waals surface area contributed by atoms with E-state index in [1.165, 1.54) is 6.08 Å². The van der Waals surface area contributed by atoms with Gasteiger partial charge in [0, 0.05) is 12.7 Å². The van der Waals surface area contributed by atoms with Crippen LogP contribution in [-0.4, -0.2) is 13.7 Å². The van der Waals surface area contributed by atoms with Crippen LogP contribution in [0.3, 0.4) is 0 Å². The SMILES string of the molecule is N#C/C=C1/CCOB1N. The van der Waals surface area contributed by atoms with E-state index in [2.05, 4.69) is 0 Å². The summed E-state index contributed by atoms with van der Waals surface area (Å²) in [5, 5.41) is 8.21. The molecule has 0 aromatic heterocycles. The third kappa shape index (κ3) is 1.32. The molecule has 1 fully saturated rings. The van der Waals surface area contributed by atoms with Crippen LogP contribution < -0.4 is 5.64 Å². The molecular formula is C5H7BN2O. The third-order valence-electron chi connectivity index (χ3n) is 1.30. The molecule has 0 saturated carbocycles. The molecular weight excluding hydrogens is 115 g/mol. The van der Waals surface area contributed by atoms with Crippen molar-refractivity contribution in [3.63, 3.8) is 0 Å². The minimum absolute atomic E-state index is 0.329. The molecule has 2 N–H and O–H groups in total. The Labute approximate surface area is 54.2 Å². The molecule has 1 rings (SSSR count). The molecule has 0 bridgehead atoms. The first-order chi connectivity index (χ1) is 4.34. The number of hydrogen-bond acceptors (Lipinski definition) is 3. The van der Waals surface area contributed by atoms with Gasteiger partial charge in [-0.1, -0.05) is 0 Å². The van der Waals surface area contributed by atoms with E-state index in [-0.39, 0.29) is 7.05 Å². The molecule has 0 aliphatic carbocycles. The zero-order valence-electron chi connectivity index (χ0n) is 5.00. The van der Waals surface area contributed by atoms with Crippen LogP contribution in [-0.2, 0) is 4.65 Å². The largest absolute Gasteiger partial charge is 0.418 e. The summed E-state index contributed by atoms with van der Waals surface area (Å²) in [6, 6.07) is 1.92. The van der Waals surface area contributed by atoms with E-state index in [1.807, 2.05) is 6.07 Å². The summed E-state index contributed by atoms with van der Waals surface area (Å²) >= 11 is 0. The van der Waals surface area contributed by atoms with E-state index in [9.17, 15) is 0 Å². The van der Waals surface area contributed by atoms with Gasteiger partial charge in [-0.3, -0.25) is 0 Å². The predicted molar refractivity (Wildman–Crippen MR) is 34.2 cm³/mol. The van der Waals surface area contributed by atoms with E-state index in [1.54, 1.807) is 0 Å². The summed E-state index contributed by atoms with van der Waals surface area (Å²) < 4.78 is 4.98. The number of rotatable bonds is 0. The van der Waals surface area contributed by atoms with Crippen molar-refractivity contribution in [3.8, 4) is 6.07 Å². The average Bonchev–Trinajstić information content (AvgIpc) is 2.18. The molecule has 0 aromatic rings. The number of nitrogens with zero attached hydrogens (tertiary/aromatic N) is 1. The van der Waals surface area contributed by atoms with Crippen molar-refractivity contribution in [1.82, 2.24) is 0 Å². The van der Waals surface area contributed by atoms with Crippen LogP contribution in [0.15, 0.2) is 11.5 Å². The van der Waals surface area contributed by atoms with Gasteiger partial charge in [-0.25, -0.2) is 0 Å². The highest BCUT2D eigenvalue weighted by molar-refractivity contribution is 6.57. The lowest BCUT2D eigenvalue weighted by Gasteiger charge is -1.92. The number of allylic oxidation sites excluding steroid dienone is 1. The third-order valence-corrected chi connectivity index (χ3v) is 1.30. The summed E-state index contributed by atoms with van der Waals surface area (Å²) in [6.45, 7) is 0.648. The van der Waals surface area contributed by atoms with Gasteiger partial charge in [0.05, 0.1) is 6.07 Å². The summed E-state index contributed by atoms with van der Waals surface area (Å²) in [5.41, 5.74) is 6.32. The highest BCUT2D eigenvalue weighted by atomic mass is 16.4. The van der Waals surface area contributed by atoms with Crippen LogP contribution in [0.4, 0.5) is 0 Å². The number of nitriles is 1. The van der Waals surface area contributed by atoms with Crippen LogP contribution in [0.5, 0.6) is 0 Å². The topological polar surface area (TPSA) is 59.0 Å². The van der Waals surface area contributed by atoms with Crippen molar-refractivity contribution < 1.29 is 4.65 Å². The maximum absolute atomic E-state index is 8.21. The fraction of sp³-hybridized carbons (Fsp3) is 0.400. The molecule has 1 aliphatic rings. The lowest BCUT2D eigenvalue weighted by Crippen LogP contribution is -2.26. The van der Waals surface area contributed by atoms with Crippen molar-refractivity contribution in [2.75, 3.05) is 6.61 Å². The monoisotopic (exact) mass is 122 g/mol. The molecule has 9 heavy (non-hydrogen) atoms. The highest BCUT2D eigenvalue weighted by Gasteiger charge is 2.22. The molecule has 0 radical (unpaired) electrons. The Morgan fingerprint density at radius 3 is 3.11 bits per heavy atom. The van der Waals surface area contributed by atoms with Gasteiger partial charge in [-0.15, -0.1) is 0 Å². The zero-order chi connectivity index (χ0) is 6.69.